The van der Waals surface area contributed by atoms with Gasteiger partial charge in [0.25, 0.3) is 0 Å². The number of alkyl halides is 1. The molecule has 2 nitrogen and oxygen atoms in total. The van der Waals surface area contributed by atoms with Crippen LogP contribution in [0.4, 0.5) is 5.69 Å². The largest absolute Gasteiger partial charge is 0.366 e. The zero-order chi connectivity index (χ0) is 9.97. The molecule has 1 saturated heterocycles. The number of nitrogens with zero attached hydrogens (tertiary/aromatic N) is 1. The van der Waals surface area contributed by atoms with Crippen LogP contribution < -0.4 is 4.90 Å². The van der Waals surface area contributed by atoms with E-state index >= 15 is 0 Å². The Hall–Kier alpha value is -0.540. The first-order valence-electron chi connectivity index (χ1n) is 4.83. The molecule has 1 fully saturated rings. The molecule has 76 valence electrons. The van der Waals surface area contributed by atoms with Crippen molar-refractivity contribution in [1.82, 2.24) is 0 Å². The second-order valence-corrected chi connectivity index (χ2v) is 4.58. The minimum absolute atomic E-state index is 0.164. The van der Waals surface area contributed by atoms with Crippen LogP contribution in [0.5, 0.6) is 0 Å². The molecule has 1 aliphatic rings. The fraction of sp³-hybridized carbons (Fsp3) is 0.455. The van der Waals surface area contributed by atoms with Crippen LogP contribution >= 0.6 is 15.9 Å². The fourth-order valence-electron chi connectivity index (χ4n) is 1.60. The zero-order valence-corrected chi connectivity index (χ0v) is 9.83. The van der Waals surface area contributed by atoms with Gasteiger partial charge in [-0.1, -0.05) is 33.6 Å². The minimum atomic E-state index is 0.164. The molecule has 1 unspecified atom stereocenters. The fourth-order valence-corrected chi connectivity index (χ4v) is 2.13. The summed E-state index contributed by atoms with van der Waals surface area (Å²) in [5.74, 6) is 0. The number of hydrogen-bond acceptors (Lipinski definition) is 2. The molecule has 2 rings (SSSR count). The van der Waals surface area contributed by atoms with Gasteiger partial charge in [-0.05, 0) is 19.1 Å². The van der Waals surface area contributed by atoms with E-state index < -0.39 is 0 Å². The number of ether oxygens (including phenoxy) is 1. The van der Waals surface area contributed by atoms with E-state index in [1.165, 1.54) is 11.3 Å². The molecule has 1 aromatic rings. The molecule has 0 saturated carbocycles. The quantitative estimate of drug-likeness (QED) is 0.716. The number of morpholine rings is 1. The van der Waals surface area contributed by atoms with Crippen LogP contribution in [0.1, 0.15) is 5.56 Å². The van der Waals surface area contributed by atoms with Gasteiger partial charge in [0, 0.05) is 12.2 Å². The third kappa shape index (κ3) is 2.28. The Balaban J connectivity index is 2.10. The first-order valence-corrected chi connectivity index (χ1v) is 5.74. The van der Waals surface area contributed by atoms with Gasteiger partial charge in [0.2, 0.25) is 0 Å². The summed E-state index contributed by atoms with van der Waals surface area (Å²) in [6.45, 7) is 4.80. The molecule has 0 N–H and O–H groups in total. The van der Waals surface area contributed by atoms with Crippen LogP contribution in [0, 0.1) is 6.92 Å². The van der Waals surface area contributed by atoms with Gasteiger partial charge in [0.1, 0.15) is 5.01 Å². The molecule has 1 aliphatic heterocycles. The summed E-state index contributed by atoms with van der Waals surface area (Å²) < 4.78 is 5.43. The summed E-state index contributed by atoms with van der Waals surface area (Å²) in [6, 6.07) is 8.63. The van der Waals surface area contributed by atoms with Crippen molar-refractivity contribution in [3.05, 3.63) is 29.8 Å². The maximum atomic E-state index is 5.43. The Morgan fingerprint density at radius 3 is 2.71 bits per heavy atom. The van der Waals surface area contributed by atoms with E-state index in [4.69, 9.17) is 4.74 Å². The van der Waals surface area contributed by atoms with Crippen molar-refractivity contribution in [2.24, 2.45) is 0 Å². The Labute approximate surface area is 93.0 Å². The summed E-state index contributed by atoms with van der Waals surface area (Å²) in [7, 11) is 0. The van der Waals surface area contributed by atoms with E-state index in [1.54, 1.807) is 0 Å². The van der Waals surface area contributed by atoms with Crippen LogP contribution in [0.3, 0.4) is 0 Å². The molecule has 14 heavy (non-hydrogen) atoms. The van der Waals surface area contributed by atoms with Crippen LogP contribution in [0.15, 0.2) is 24.3 Å². The van der Waals surface area contributed by atoms with E-state index in [-0.39, 0.29) is 5.01 Å². The maximum Gasteiger partial charge on any atom is 0.129 e. The van der Waals surface area contributed by atoms with Crippen LogP contribution in [0.2, 0.25) is 0 Å². The number of halogens is 1. The molecule has 3 heteroatoms. The van der Waals surface area contributed by atoms with Crippen molar-refractivity contribution in [2.45, 2.75) is 11.9 Å². The lowest BCUT2D eigenvalue weighted by molar-refractivity contribution is 0.103. The lowest BCUT2D eigenvalue weighted by Gasteiger charge is -2.32. The zero-order valence-electron chi connectivity index (χ0n) is 8.24. The highest BCUT2D eigenvalue weighted by Gasteiger charge is 2.17. The molecular weight excluding hydrogens is 242 g/mol. The normalized spacial score (nSPS) is 22.4. The molecular formula is C11H14BrNO. The standard InChI is InChI=1S/C11H14BrNO/c1-9-2-4-10(5-3-9)13-6-7-14-11(12)8-13/h2-5,11H,6-8H2,1H3. The lowest BCUT2D eigenvalue weighted by Crippen LogP contribution is -2.39. The molecule has 0 amide bonds. The van der Waals surface area contributed by atoms with Gasteiger partial charge in [-0.25, -0.2) is 0 Å². The van der Waals surface area contributed by atoms with E-state index in [0.717, 1.165) is 19.7 Å². The predicted octanol–water partition coefficient (Wildman–Crippen LogP) is 2.55. The smallest absolute Gasteiger partial charge is 0.129 e. The van der Waals surface area contributed by atoms with Gasteiger partial charge in [-0.2, -0.15) is 0 Å². The first kappa shape index (κ1) is 9.99. The summed E-state index contributed by atoms with van der Waals surface area (Å²) in [6.07, 6.45) is 0. The van der Waals surface area contributed by atoms with Crippen LogP contribution in [-0.2, 0) is 4.74 Å². The van der Waals surface area contributed by atoms with E-state index in [2.05, 4.69) is 52.0 Å². The number of rotatable bonds is 1. The molecule has 0 spiro atoms. The number of hydrogen-bond donors (Lipinski definition) is 0. The average Bonchev–Trinajstić information content (AvgIpc) is 2.19. The molecule has 0 aromatic heterocycles. The molecule has 1 heterocycles. The third-order valence-electron chi connectivity index (χ3n) is 2.42. The topological polar surface area (TPSA) is 12.5 Å². The second-order valence-electron chi connectivity index (χ2n) is 3.56. The summed E-state index contributed by atoms with van der Waals surface area (Å²) in [5.41, 5.74) is 2.58. The summed E-state index contributed by atoms with van der Waals surface area (Å²) in [5, 5.41) is 0.164. The highest BCUT2D eigenvalue weighted by atomic mass is 79.9. The van der Waals surface area contributed by atoms with Crippen molar-refractivity contribution in [3.63, 3.8) is 0 Å². The number of aryl methyl sites for hydroxylation is 1. The van der Waals surface area contributed by atoms with E-state index in [1.807, 2.05) is 0 Å². The van der Waals surface area contributed by atoms with Gasteiger partial charge in [-0.3, -0.25) is 0 Å². The first-order chi connectivity index (χ1) is 6.75. The molecule has 0 aliphatic carbocycles. The molecule has 0 bridgehead atoms. The number of benzene rings is 1. The van der Waals surface area contributed by atoms with Gasteiger partial charge in [0.05, 0.1) is 13.2 Å². The van der Waals surface area contributed by atoms with Crippen molar-refractivity contribution < 1.29 is 4.74 Å². The van der Waals surface area contributed by atoms with Gasteiger partial charge in [-0.15, -0.1) is 0 Å². The van der Waals surface area contributed by atoms with E-state index in [0.29, 0.717) is 0 Å². The Bertz CT molecular complexity index is 299. The Kier molecular flexibility index (Phi) is 3.08. The van der Waals surface area contributed by atoms with Crippen LogP contribution in [-0.4, -0.2) is 24.7 Å². The minimum Gasteiger partial charge on any atom is -0.366 e. The molecule has 1 aromatic carbocycles. The highest BCUT2D eigenvalue weighted by molar-refractivity contribution is 9.09. The van der Waals surface area contributed by atoms with Crippen LogP contribution in [0.25, 0.3) is 0 Å². The molecule has 0 radical (unpaired) electrons. The highest BCUT2D eigenvalue weighted by Crippen LogP contribution is 2.19. The third-order valence-corrected chi connectivity index (χ3v) is 2.98. The van der Waals surface area contributed by atoms with Gasteiger partial charge >= 0.3 is 0 Å². The van der Waals surface area contributed by atoms with Gasteiger partial charge < -0.3 is 9.64 Å². The van der Waals surface area contributed by atoms with Crippen molar-refractivity contribution in [2.75, 3.05) is 24.6 Å². The van der Waals surface area contributed by atoms with Crippen molar-refractivity contribution >= 4 is 21.6 Å². The second kappa shape index (κ2) is 4.32. The summed E-state index contributed by atoms with van der Waals surface area (Å²) in [4.78, 5) is 2.34. The number of anilines is 1. The van der Waals surface area contributed by atoms with E-state index in [9.17, 15) is 0 Å². The average molecular weight is 256 g/mol. The maximum absolute atomic E-state index is 5.43. The summed E-state index contributed by atoms with van der Waals surface area (Å²) >= 11 is 3.48. The Morgan fingerprint density at radius 1 is 1.36 bits per heavy atom. The monoisotopic (exact) mass is 255 g/mol. The Morgan fingerprint density at radius 2 is 2.07 bits per heavy atom. The predicted molar refractivity (Wildman–Crippen MR) is 62.1 cm³/mol. The van der Waals surface area contributed by atoms with Crippen molar-refractivity contribution in [1.29, 1.82) is 0 Å². The SMILES string of the molecule is Cc1ccc(N2CCOC(Br)C2)cc1. The van der Waals surface area contributed by atoms with Gasteiger partial charge in [0.15, 0.2) is 0 Å². The molecule has 1 atom stereocenters. The van der Waals surface area contributed by atoms with Crippen molar-refractivity contribution in [3.8, 4) is 0 Å². The lowest BCUT2D eigenvalue weighted by atomic mass is 10.2.